The van der Waals surface area contributed by atoms with E-state index in [-0.39, 0.29) is 0 Å². The van der Waals surface area contributed by atoms with E-state index in [9.17, 15) is 0 Å². The molecule has 2 aromatic rings. The summed E-state index contributed by atoms with van der Waals surface area (Å²) in [4.78, 5) is 2.07. The van der Waals surface area contributed by atoms with Crippen molar-refractivity contribution < 1.29 is 0 Å². The van der Waals surface area contributed by atoms with Gasteiger partial charge in [0, 0.05) is 17.2 Å². The predicted octanol–water partition coefficient (Wildman–Crippen LogP) is 4.09. The lowest BCUT2D eigenvalue weighted by Crippen LogP contribution is -2.09. The summed E-state index contributed by atoms with van der Waals surface area (Å²) in [5, 5.41) is 8.82. The van der Waals surface area contributed by atoms with E-state index in [0.29, 0.717) is 5.56 Å². The zero-order valence-electron chi connectivity index (χ0n) is 9.39. The van der Waals surface area contributed by atoms with Crippen LogP contribution in [0.25, 0.3) is 0 Å². The van der Waals surface area contributed by atoms with Crippen LogP contribution in [0.2, 0.25) is 0 Å². The number of benzene rings is 2. The highest BCUT2D eigenvalue weighted by atomic mass is 79.9. The van der Waals surface area contributed by atoms with Crippen molar-refractivity contribution >= 4 is 27.3 Å². The summed E-state index contributed by atoms with van der Waals surface area (Å²) in [7, 11) is 2.00. The SMILES string of the molecule is CN(c1ccccc1)c1ccc(C#N)cc1Br. The van der Waals surface area contributed by atoms with Crippen molar-refractivity contribution in [2.45, 2.75) is 0 Å². The van der Waals surface area contributed by atoms with Crippen molar-refractivity contribution in [1.29, 1.82) is 5.26 Å². The van der Waals surface area contributed by atoms with Crippen molar-refractivity contribution in [2.24, 2.45) is 0 Å². The maximum absolute atomic E-state index is 8.82. The summed E-state index contributed by atoms with van der Waals surface area (Å²) in [6.45, 7) is 0. The Morgan fingerprint density at radius 1 is 1.12 bits per heavy atom. The molecular formula is C14H11BrN2. The van der Waals surface area contributed by atoms with Crippen LogP contribution in [0, 0.1) is 11.3 Å². The van der Waals surface area contributed by atoms with E-state index in [1.807, 2.05) is 55.6 Å². The van der Waals surface area contributed by atoms with Gasteiger partial charge in [-0.15, -0.1) is 0 Å². The minimum absolute atomic E-state index is 0.655. The van der Waals surface area contributed by atoms with Gasteiger partial charge < -0.3 is 4.90 Å². The molecule has 0 heterocycles. The molecule has 0 aromatic heterocycles. The molecule has 0 spiro atoms. The minimum atomic E-state index is 0.655. The molecule has 2 aromatic carbocycles. The Morgan fingerprint density at radius 2 is 1.82 bits per heavy atom. The molecule has 0 amide bonds. The third-order valence-electron chi connectivity index (χ3n) is 2.58. The Labute approximate surface area is 109 Å². The van der Waals surface area contributed by atoms with Gasteiger partial charge in [-0.1, -0.05) is 18.2 Å². The summed E-state index contributed by atoms with van der Waals surface area (Å²) in [5.41, 5.74) is 2.80. The van der Waals surface area contributed by atoms with Gasteiger partial charge in [-0.2, -0.15) is 5.26 Å². The minimum Gasteiger partial charge on any atom is -0.344 e. The van der Waals surface area contributed by atoms with Gasteiger partial charge in [-0.25, -0.2) is 0 Å². The first-order chi connectivity index (χ1) is 8.22. The number of hydrogen-bond acceptors (Lipinski definition) is 2. The summed E-state index contributed by atoms with van der Waals surface area (Å²) in [5.74, 6) is 0. The lowest BCUT2D eigenvalue weighted by atomic mass is 10.2. The Hall–Kier alpha value is -1.79. The molecule has 2 nitrogen and oxygen atoms in total. The van der Waals surface area contributed by atoms with Crippen LogP contribution >= 0.6 is 15.9 Å². The highest BCUT2D eigenvalue weighted by molar-refractivity contribution is 9.10. The third-order valence-corrected chi connectivity index (χ3v) is 3.22. The summed E-state index contributed by atoms with van der Waals surface area (Å²) >= 11 is 3.49. The first-order valence-corrected chi connectivity index (χ1v) is 6.00. The number of anilines is 2. The van der Waals surface area contributed by atoms with Crippen molar-refractivity contribution in [3.63, 3.8) is 0 Å². The highest BCUT2D eigenvalue weighted by Gasteiger charge is 2.07. The van der Waals surface area contributed by atoms with Crippen molar-refractivity contribution in [3.05, 3.63) is 58.6 Å². The van der Waals surface area contributed by atoms with Gasteiger partial charge in [0.25, 0.3) is 0 Å². The second-order valence-corrected chi connectivity index (χ2v) is 4.53. The predicted molar refractivity (Wildman–Crippen MR) is 73.4 cm³/mol. The van der Waals surface area contributed by atoms with E-state index in [1.54, 1.807) is 0 Å². The second-order valence-electron chi connectivity index (χ2n) is 3.67. The number of rotatable bonds is 2. The molecule has 3 heteroatoms. The van der Waals surface area contributed by atoms with E-state index in [2.05, 4.69) is 26.9 Å². The Balaban J connectivity index is 2.39. The third kappa shape index (κ3) is 2.48. The van der Waals surface area contributed by atoms with Crippen molar-refractivity contribution in [3.8, 4) is 6.07 Å². The van der Waals surface area contributed by atoms with Crippen LogP contribution in [-0.2, 0) is 0 Å². The van der Waals surface area contributed by atoms with Gasteiger partial charge >= 0.3 is 0 Å². The lowest BCUT2D eigenvalue weighted by molar-refractivity contribution is 1.20. The Bertz CT molecular complexity index is 558. The fourth-order valence-electron chi connectivity index (χ4n) is 1.64. The van der Waals surface area contributed by atoms with E-state index in [0.717, 1.165) is 15.8 Å². The zero-order chi connectivity index (χ0) is 12.3. The quantitative estimate of drug-likeness (QED) is 0.831. The van der Waals surface area contributed by atoms with Crippen LogP contribution in [0.4, 0.5) is 11.4 Å². The fraction of sp³-hybridized carbons (Fsp3) is 0.0714. The van der Waals surface area contributed by atoms with Gasteiger partial charge in [0.15, 0.2) is 0 Å². The first kappa shape index (κ1) is 11.7. The second kappa shape index (κ2) is 5.03. The average molecular weight is 287 g/mol. The molecule has 84 valence electrons. The normalized spacial score (nSPS) is 9.71. The number of hydrogen-bond donors (Lipinski definition) is 0. The first-order valence-electron chi connectivity index (χ1n) is 5.21. The smallest absolute Gasteiger partial charge is 0.0992 e. The molecule has 17 heavy (non-hydrogen) atoms. The molecule has 0 bridgehead atoms. The summed E-state index contributed by atoms with van der Waals surface area (Å²) in [6.07, 6.45) is 0. The molecule has 0 unspecified atom stereocenters. The Morgan fingerprint density at radius 3 is 2.41 bits per heavy atom. The van der Waals surface area contributed by atoms with Crippen molar-refractivity contribution in [2.75, 3.05) is 11.9 Å². The van der Waals surface area contributed by atoms with E-state index < -0.39 is 0 Å². The maximum atomic E-state index is 8.82. The molecule has 0 atom stereocenters. The highest BCUT2D eigenvalue weighted by Crippen LogP contribution is 2.31. The summed E-state index contributed by atoms with van der Waals surface area (Å²) in [6, 6.07) is 17.8. The average Bonchev–Trinajstić information content (AvgIpc) is 2.39. The molecule has 0 saturated heterocycles. The molecule has 0 radical (unpaired) electrons. The van der Waals surface area contributed by atoms with Gasteiger partial charge in [0.05, 0.1) is 17.3 Å². The number of nitrogens with zero attached hydrogens (tertiary/aromatic N) is 2. The van der Waals surface area contributed by atoms with Crippen LogP contribution in [0.3, 0.4) is 0 Å². The van der Waals surface area contributed by atoms with Crippen molar-refractivity contribution in [1.82, 2.24) is 0 Å². The molecule has 0 fully saturated rings. The summed E-state index contributed by atoms with van der Waals surface area (Å²) < 4.78 is 0.919. The van der Waals surface area contributed by atoms with Gasteiger partial charge in [0.1, 0.15) is 0 Å². The molecule has 0 N–H and O–H groups in total. The lowest BCUT2D eigenvalue weighted by Gasteiger charge is -2.20. The van der Waals surface area contributed by atoms with Crippen LogP contribution in [-0.4, -0.2) is 7.05 Å². The van der Waals surface area contributed by atoms with Gasteiger partial charge in [-0.3, -0.25) is 0 Å². The van der Waals surface area contributed by atoms with E-state index >= 15 is 0 Å². The van der Waals surface area contributed by atoms with Gasteiger partial charge in [0.2, 0.25) is 0 Å². The van der Waals surface area contributed by atoms with Crippen LogP contribution in [0.5, 0.6) is 0 Å². The molecule has 0 saturated carbocycles. The molecule has 0 aliphatic heterocycles. The maximum Gasteiger partial charge on any atom is 0.0992 e. The monoisotopic (exact) mass is 286 g/mol. The zero-order valence-corrected chi connectivity index (χ0v) is 11.0. The van der Waals surface area contributed by atoms with Crippen LogP contribution in [0.15, 0.2) is 53.0 Å². The topological polar surface area (TPSA) is 27.0 Å². The number of para-hydroxylation sites is 1. The number of nitriles is 1. The molecule has 0 aliphatic rings. The number of halogens is 1. The van der Waals surface area contributed by atoms with Crippen LogP contribution < -0.4 is 4.90 Å². The van der Waals surface area contributed by atoms with Gasteiger partial charge in [-0.05, 0) is 46.3 Å². The van der Waals surface area contributed by atoms with Crippen LogP contribution in [0.1, 0.15) is 5.56 Å². The Kier molecular flexibility index (Phi) is 3.46. The van der Waals surface area contributed by atoms with E-state index in [1.165, 1.54) is 0 Å². The molecule has 0 aliphatic carbocycles. The standard InChI is InChI=1S/C14H11BrN2/c1-17(12-5-3-2-4-6-12)14-8-7-11(10-16)9-13(14)15/h2-9H,1H3. The molecule has 2 rings (SSSR count). The largest absolute Gasteiger partial charge is 0.344 e. The van der Waals surface area contributed by atoms with E-state index in [4.69, 9.17) is 5.26 Å². The molecular weight excluding hydrogens is 276 g/mol. The fourth-order valence-corrected chi connectivity index (χ4v) is 2.28.